The number of carbonyl (C=O) groups is 2. The highest BCUT2D eigenvalue weighted by Gasteiger charge is 2.28. The molecule has 170 valence electrons. The predicted molar refractivity (Wildman–Crippen MR) is 118 cm³/mol. The van der Waals surface area contributed by atoms with Crippen molar-refractivity contribution in [2.75, 3.05) is 19.7 Å². The Morgan fingerprint density at radius 2 is 1.81 bits per heavy atom. The van der Waals surface area contributed by atoms with Crippen molar-refractivity contribution in [2.45, 2.75) is 30.7 Å². The SMILES string of the molecule is O=Cc1c(OCC(=O)NCc2ccccc2S(=O)(=O)N2CCCCC2)cccc1B(O)O. The molecule has 9 nitrogen and oxygen atoms in total. The van der Waals surface area contributed by atoms with Gasteiger partial charge in [0.2, 0.25) is 10.0 Å². The second kappa shape index (κ2) is 10.7. The topological polar surface area (TPSA) is 133 Å². The molecule has 2 aromatic rings. The van der Waals surface area contributed by atoms with Crippen molar-refractivity contribution < 1.29 is 32.8 Å². The average molecular weight is 460 g/mol. The molecule has 1 aliphatic heterocycles. The van der Waals surface area contributed by atoms with Crippen LogP contribution >= 0.6 is 0 Å². The lowest BCUT2D eigenvalue weighted by Gasteiger charge is -2.26. The lowest BCUT2D eigenvalue weighted by Crippen LogP contribution is -2.36. The first-order valence-electron chi connectivity index (χ1n) is 10.3. The molecule has 32 heavy (non-hydrogen) atoms. The number of sulfonamides is 1. The molecule has 1 fully saturated rings. The summed E-state index contributed by atoms with van der Waals surface area (Å²) in [5.74, 6) is -0.490. The lowest BCUT2D eigenvalue weighted by molar-refractivity contribution is -0.123. The normalized spacial score (nSPS) is 14.6. The number of amides is 1. The van der Waals surface area contributed by atoms with Gasteiger partial charge in [-0.05, 0) is 36.0 Å². The molecule has 1 heterocycles. The third-order valence-corrected chi connectivity index (χ3v) is 7.24. The van der Waals surface area contributed by atoms with E-state index in [9.17, 15) is 28.1 Å². The minimum absolute atomic E-state index is 0.0125. The van der Waals surface area contributed by atoms with Crippen molar-refractivity contribution in [2.24, 2.45) is 0 Å². The van der Waals surface area contributed by atoms with E-state index < -0.39 is 29.7 Å². The van der Waals surface area contributed by atoms with Gasteiger partial charge < -0.3 is 20.1 Å². The van der Waals surface area contributed by atoms with Crippen LogP contribution in [0.25, 0.3) is 0 Å². The molecule has 1 saturated heterocycles. The number of nitrogens with one attached hydrogen (secondary N) is 1. The molecule has 0 radical (unpaired) electrons. The summed E-state index contributed by atoms with van der Waals surface area (Å²) in [5.41, 5.74) is 0.369. The Balaban J connectivity index is 1.65. The van der Waals surface area contributed by atoms with Gasteiger partial charge in [0.15, 0.2) is 12.9 Å². The molecule has 0 saturated carbocycles. The number of hydrogen-bond acceptors (Lipinski definition) is 7. The Kier molecular flexibility index (Phi) is 8.02. The number of nitrogens with zero attached hydrogens (tertiary/aromatic N) is 1. The van der Waals surface area contributed by atoms with E-state index in [1.165, 1.54) is 28.6 Å². The maximum atomic E-state index is 13.0. The number of piperidine rings is 1. The first-order chi connectivity index (χ1) is 15.3. The van der Waals surface area contributed by atoms with Gasteiger partial charge in [0.1, 0.15) is 5.75 Å². The highest BCUT2D eigenvalue weighted by molar-refractivity contribution is 7.89. The molecule has 11 heteroatoms. The van der Waals surface area contributed by atoms with Crippen LogP contribution in [0.2, 0.25) is 0 Å². The van der Waals surface area contributed by atoms with E-state index >= 15 is 0 Å². The average Bonchev–Trinajstić information content (AvgIpc) is 2.81. The molecule has 0 atom stereocenters. The number of carbonyl (C=O) groups excluding carboxylic acids is 2. The molecule has 3 rings (SSSR count). The van der Waals surface area contributed by atoms with Crippen LogP contribution in [0, 0.1) is 0 Å². The highest BCUT2D eigenvalue weighted by atomic mass is 32.2. The first kappa shape index (κ1) is 23.9. The summed E-state index contributed by atoms with van der Waals surface area (Å²) in [6.07, 6.45) is 3.08. The Bertz CT molecular complexity index is 1070. The number of benzene rings is 2. The zero-order valence-corrected chi connectivity index (χ0v) is 18.3. The van der Waals surface area contributed by atoms with Crippen molar-refractivity contribution >= 4 is 34.8 Å². The summed E-state index contributed by atoms with van der Waals surface area (Å²) in [6, 6.07) is 10.8. The molecular formula is C21H25BN2O7S. The Morgan fingerprint density at radius 3 is 2.50 bits per heavy atom. The summed E-state index contributed by atoms with van der Waals surface area (Å²) in [7, 11) is -5.51. The van der Waals surface area contributed by atoms with Crippen molar-refractivity contribution in [3.05, 3.63) is 53.6 Å². The van der Waals surface area contributed by atoms with Crippen LogP contribution in [0.1, 0.15) is 35.2 Å². The van der Waals surface area contributed by atoms with Crippen LogP contribution in [0.4, 0.5) is 0 Å². The van der Waals surface area contributed by atoms with Gasteiger partial charge in [0.05, 0.1) is 10.5 Å². The smallest absolute Gasteiger partial charge is 0.483 e. The molecule has 0 aromatic heterocycles. The van der Waals surface area contributed by atoms with E-state index in [0.29, 0.717) is 24.9 Å². The van der Waals surface area contributed by atoms with Gasteiger partial charge in [0.25, 0.3) is 5.91 Å². The molecule has 0 bridgehead atoms. The Hall–Kier alpha value is -2.73. The van der Waals surface area contributed by atoms with Crippen LogP contribution < -0.4 is 15.5 Å². The zero-order chi connectivity index (χ0) is 23.1. The third-order valence-electron chi connectivity index (χ3n) is 5.24. The van der Waals surface area contributed by atoms with Crippen LogP contribution in [0.3, 0.4) is 0 Å². The van der Waals surface area contributed by atoms with E-state index in [0.717, 1.165) is 19.3 Å². The molecule has 1 amide bonds. The number of rotatable bonds is 9. The number of ether oxygens (including phenoxy) is 1. The predicted octanol–water partition coefficient (Wildman–Crippen LogP) is 0.0487. The van der Waals surface area contributed by atoms with E-state index in [1.807, 2.05) is 0 Å². The fourth-order valence-corrected chi connectivity index (χ4v) is 5.31. The van der Waals surface area contributed by atoms with Crippen molar-refractivity contribution in [1.29, 1.82) is 0 Å². The summed E-state index contributed by atoms with van der Waals surface area (Å²) in [4.78, 5) is 23.8. The third kappa shape index (κ3) is 5.54. The molecular weight excluding hydrogens is 435 g/mol. The molecule has 0 spiro atoms. The minimum atomic E-state index is -3.65. The summed E-state index contributed by atoms with van der Waals surface area (Å²) in [6.45, 7) is 0.517. The molecule has 0 aliphatic carbocycles. The largest absolute Gasteiger partial charge is 0.489 e. The van der Waals surface area contributed by atoms with Gasteiger partial charge in [-0.25, -0.2) is 8.42 Å². The Labute approximate surface area is 187 Å². The van der Waals surface area contributed by atoms with Gasteiger partial charge in [-0.1, -0.05) is 36.8 Å². The fraction of sp³-hybridized carbons (Fsp3) is 0.333. The van der Waals surface area contributed by atoms with Gasteiger partial charge >= 0.3 is 7.12 Å². The van der Waals surface area contributed by atoms with Crippen LogP contribution in [-0.2, 0) is 21.4 Å². The Morgan fingerprint density at radius 1 is 1.09 bits per heavy atom. The van der Waals surface area contributed by atoms with E-state index in [2.05, 4.69) is 5.32 Å². The molecule has 2 aromatic carbocycles. The molecule has 3 N–H and O–H groups in total. The van der Waals surface area contributed by atoms with Crippen molar-refractivity contribution in [3.8, 4) is 5.75 Å². The van der Waals surface area contributed by atoms with E-state index in [-0.39, 0.29) is 28.2 Å². The fourth-order valence-electron chi connectivity index (χ4n) is 3.57. The molecule has 1 aliphatic rings. The quantitative estimate of drug-likeness (QED) is 0.356. The van der Waals surface area contributed by atoms with Crippen LogP contribution in [0.5, 0.6) is 5.75 Å². The second-order valence-electron chi connectivity index (χ2n) is 7.39. The lowest BCUT2D eigenvalue weighted by atomic mass is 9.77. The standard InChI is InChI=1S/C21H25BN2O7S/c25-14-17-18(22(27)28)8-6-9-19(17)31-15-21(26)23-13-16-7-2-3-10-20(16)32(29,30)24-11-4-1-5-12-24/h2-3,6-10,14,27-28H,1,4-5,11-13,15H2,(H,23,26). The second-order valence-corrected chi connectivity index (χ2v) is 9.29. The van der Waals surface area contributed by atoms with Crippen LogP contribution in [0.15, 0.2) is 47.4 Å². The number of hydrogen-bond donors (Lipinski definition) is 3. The maximum Gasteiger partial charge on any atom is 0.489 e. The summed E-state index contributed by atoms with van der Waals surface area (Å²) < 4.78 is 32.9. The monoisotopic (exact) mass is 460 g/mol. The van der Waals surface area contributed by atoms with Gasteiger partial charge in [-0.2, -0.15) is 4.31 Å². The van der Waals surface area contributed by atoms with Crippen LogP contribution in [-0.4, -0.2) is 61.8 Å². The first-order valence-corrected chi connectivity index (χ1v) is 11.7. The zero-order valence-electron chi connectivity index (χ0n) is 17.4. The summed E-state index contributed by atoms with van der Waals surface area (Å²) >= 11 is 0. The van der Waals surface area contributed by atoms with Gasteiger partial charge in [-0.3, -0.25) is 9.59 Å². The number of aldehydes is 1. The highest BCUT2D eigenvalue weighted by Crippen LogP contribution is 2.23. The van der Waals surface area contributed by atoms with E-state index in [1.54, 1.807) is 18.2 Å². The van der Waals surface area contributed by atoms with Gasteiger partial charge in [-0.15, -0.1) is 0 Å². The van der Waals surface area contributed by atoms with E-state index in [4.69, 9.17) is 4.74 Å². The summed E-state index contributed by atoms with van der Waals surface area (Å²) in [5, 5.41) is 21.3. The van der Waals surface area contributed by atoms with Gasteiger partial charge in [0, 0.05) is 19.6 Å². The van der Waals surface area contributed by atoms with Crippen molar-refractivity contribution in [3.63, 3.8) is 0 Å². The molecule has 0 unspecified atom stereocenters. The maximum absolute atomic E-state index is 13.0. The minimum Gasteiger partial charge on any atom is -0.483 e. The van der Waals surface area contributed by atoms with Crippen molar-refractivity contribution in [1.82, 2.24) is 9.62 Å².